The number of nitrogens with one attached hydrogen (secondary N) is 3. The number of unbranched alkanes of at least 4 members (excludes halogenated alkanes) is 1. The van der Waals surface area contributed by atoms with Crippen LogP contribution in [0.5, 0.6) is 0 Å². The lowest BCUT2D eigenvalue weighted by Gasteiger charge is -2.20. The quantitative estimate of drug-likeness (QED) is 0.411. The van der Waals surface area contributed by atoms with Crippen molar-refractivity contribution >= 4 is 18.1 Å². The van der Waals surface area contributed by atoms with Gasteiger partial charge in [0.05, 0.1) is 0 Å². The molecule has 0 aliphatic carbocycles. The summed E-state index contributed by atoms with van der Waals surface area (Å²) in [4.78, 5) is 33.5. The van der Waals surface area contributed by atoms with Gasteiger partial charge in [-0.3, -0.25) is 4.79 Å². The van der Waals surface area contributed by atoms with Gasteiger partial charge >= 0.3 is 12.2 Å². The van der Waals surface area contributed by atoms with Gasteiger partial charge < -0.3 is 26.2 Å². The number of hydrogen-bond acceptors (Lipinski definition) is 3. The van der Waals surface area contributed by atoms with Gasteiger partial charge in [0.25, 0.3) is 0 Å². The first-order valence-electron chi connectivity index (χ1n) is 8.19. The standard InChI is InChI=1S/C17H25N3O5/c1-12(11-13-7-3-2-4-8-13)19-15(21)14(20-17(24)25)9-5-6-10-18-16(22)23/h2-4,7-8,12,14,18,20H,5-6,9-11H2,1H3,(H,19,21)(H,22,23)(H,24,25)/t12-,14-/m0/s1. The number of benzene rings is 1. The highest BCUT2D eigenvalue weighted by molar-refractivity contribution is 5.85. The van der Waals surface area contributed by atoms with Gasteiger partial charge in [0, 0.05) is 12.6 Å². The van der Waals surface area contributed by atoms with Crippen molar-refractivity contribution in [1.29, 1.82) is 0 Å². The molecule has 0 aliphatic heterocycles. The molecule has 8 nitrogen and oxygen atoms in total. The molecule has 1 aromatic rings. The van der Waals surface area contributed by atoms with Crippen molar-refractivity contribution in [3.63, 3.8) is 0 Å². The third-order valence-electron chi connectivity index (χ3n) is 3.58. The number of rotatable bonds is 10. The fourth-order valence-corrected chi connectivity index (χ4v) is 2.45. The van der Waals surface area contributed by atoms with Crippen LogP contribution in [0.15, 0.2) is 30.3 Å². The van der Waals surface area contributed by atoms with E-state index in [1.54, 1.807) is 0 Å². The Bertz CT molecular complexity index is 565. The Morgan fingerprint density at radius 1 is 1.00 bits per heavy atom. The van der Waals surface area contributed by atoms with Gasteiger partial charge in [0.1, 0.15) is 6.04 Å². The minimum atomic E-state index is -1.26. The zero-order chi connectivity index (χ0) is 18.7. The minimum Gasteiger partial charge on any atom is -0.465 e. The van der Waals surface area contributed by atoms with Crippen molar-refractivity contribution in [2.75, 3.05) is 6.54 Å². The van der Waals surface area contributed by atoms with Crippen LogP contribution in [0.2, 0.25) is 0 Å². The summed E-state index contributed by atoms with van der Waals surface area (Å²) in [5, 5.41) is 24.6. The Labute approximate surface area is 146 Å². The lowest BCUT2D eigenvalue weighted by atomic mass is 10.1. The number of hydrogen-bond donors (Lipinski definition) is 5. The maximum Gasteiger partial charge on any atom is 0.405 e. The summed E-state index contributed by atoms with van der Waals surface area (Å²) in [5.41, 5.74) is 1.08. The van der Waals surface area contributed by atoms with Gasteiger partial charge in [0.2, 0.25) is 5.91 Å². The van der Waals surface area contributed by atoms with E-state index in [9.17, 15) is 14.4 Å². The monoisotopic (exact) mass is 351 g/mol. The van der Waals surface area contributed by atoms with Crippen LogP contribution < -0.4 is 16.0 Å². The Hall–Kier alpha value is -2.77. The van der Waals surface area contributed by atoms with Crippen molar-refractivity contribution in [3.05, 3.63) is 35.9 Å². The highest BCUT2D eigenvalue weighted by Gasteiger charge is 2.21. The average molecular weight is 351 g/mol. The van der Waals surface area contributed by atoms with Crippen molar-refractivity contribution in [2.24, 2.45) is 0 Å². The Kier molecular flexibility index (Phi) is 8.84. The summed E-state index contributed by atoms with van der Waals surface area (Å²) in [6.07, 6.45) is -0.373. The molecule has 2 atom stereocenters. The predicted molar refractivity (Wildman–Crippen MR) is 92.6 cm³/mol. The third-order valence-corrected chi connectivity index (χ3v) is 3.58. The molecule has 3 amide bonds. The highest BCUT2D eigenvalue weighted by atomic mass is 16.4. The van der Waals surface area contributed by atoms with E-state index in [2.05, 4.69) is 16.0 Å². The van der Waals surface area contributed by atoms with E-state index >= 15 is 0 Å². The van der Waals surface area contributed by atoms with Crippen molar-refractivity contribution in [3.8, 4) is 0 Å². The number of carboxylic acid groups (broad SMARTS) is 2. The highest BCUT2D eigenvalue weighted by Crippen LogP contribution is 2.05. The molecule has 0 spiro atoms. The molecule has 5 N–H and O–H groups in total. The third kappa shape index (κ3) is 9.19. The topological polar surface area (TPSA) is 128 Å². The van der Waals surface area contributed by atoms with E-state index in [1.165, 1.54) is 0 Å². The fourth-order valence-electron chi connectivity index (χ4n) is 2.45. The molecule has 0 saturated carbocycles. The van der Waals surface area contributed by atoms with Crippen LogP contribution in [0.4, 0.5) is 9.59 Å². The second-order valence-electron chi connectivity index (χ2n) is 5.83. The number of amides is 3. The first-order chi connectivity index (χ1) is 11.9. The molecule has 0 bridgehead atoms. The second kappa shape index (κ2) is 10.9. The maximum atomic E-state index is 12.3. The molecule has 0 radical (unpaired) electrons. The fraction of sp³-hybridized carbons (Fsp3) is 0.471. The van der Waals surface area contributed by atoms with Gasteiger partial charge in [-0.25, -0.2) is 9.59 Å². The number of carbonyl (C=O) groups excluding carboxylic acids is 1. The van der Waals surface area contributed by atoms with E-state index in [-0.39, 0.29) is 18.5 Å². The van der Waals surface area contributed by atoms with Crippen LogP contribution in [0.25, 0.3) is 0 Å². The second-order valence-corrected chi connectivity index (χ2v) is 5.83. The number of carbonyl (C=O) groups is 3. The van der Waals surface area contributed by atoms with Crippen LogP contribution in [0.1, 0.15) is 31.7 Å². The maximum absolute atomic E-state index is 12.3. The molecule has 25 heavy (non-hydrogen) atoms. The van der Waals surface area contributed by atoms with Gasteiger partial charge in [0.15, 0.2) is 0 Å². The van der Waals surface area contributed by atoms with Gasteiger partial charge in [-0.2, -0.15) is 0 Å². The van der Waals surface area contributed by atoms with Crippen molar-refractivity contribution < 1.29 is 24.6 Å². The summed E-state index contributed by atoms with van der Waals surface area (Å²) >= 11 is 0. The average Bonchev–Trinajstić information content (AvgIpc) is 2.53. The van der Waals surface area contributed by atoms with Crippen LogP contribution in [-0.2, 0) is 11.2 Å². The zero-order valence-electron chi connectivity index (χ0n) is 14.2. The summed E-state index contributed by atoms with van der Waals surface area (Å²) in [6.45, 7) is 2.13. The molecule has 0 aliphatic rings. The van der Waals surface area contributed by atoms with Crippen LogP contribution in [0.3, 0.4) is 0 Å². The molecule has 0 heterocycles. The summed E-state index contributed by atoms with van der Waals surface area (Å²) in [6, 6.07) is 8.69. The van der Waals surface area contributed by atoms with Crippen LogP contribution in [-0.4, -0.2) is 46.9 Å². The normalized spacial score (nSPS) is 12.7. The van der Waals surface area contributed by atoms with E-state index < -0.39 is 18.2 Å². The van der Waals surface area contributed by atoms with Gasteiger partial charge in [-0.1, -0.05) is 30.3 Å². The molecule has 138 valence electrons. The molecule has 0 aromatic heterocycles. The van der Waals surface area contributed by atoms with Crippen molar-refractivity contribution in [2.45, 2.75) is 44.7 Å². The van der Waals surface area contributed by atoms with E-state index in [0.717, 1.165) is 5.56 Å². The lowest BCUT2D eigenvalue weighted by Crippen LogP contribution is -2.49. The summed E-state index contributed by atoms with van der Waals surface area (Å²) < 4.78 is 0. The summed E-state index contributed by atoms with van der Waals surface area (Å²) in [5.74, 6) is -0.378. The minimum absolute atomic E-state index is 0.137. The Morgan fingerprint density at radius 2 is 1.68 bits per heavy atom. The smallest absolute Gasteiger partial charge is 0.405 e. The van der Waals surface area contributed by atoms with Gasteiger partial charge in [-0.05, 0) is 38.2 Å². The predicted octanol–water partition coefficient (Wildman–Crippen LogP) is 1.81. The van der Waals surface area contributed by atoms with Crippen molar-refractivity contribution in [1.82, 2.24) is 16.0 Å². The molecule has 1 aromatic carbocycles. The van der Waals surface area contributed by atoms with E-state index in [1.807, 2.05) is 37.3 Å². The van der Waals surface area contributed by atoms with Crippen LogP contribution >= 0.6 is 0 Å². The summed E-state index contributed by atoms with van der Waals surface area (Å²) in [7, 11) is 0. The molecule has 0 fully saturated rings. The van der Waals surface area contributed by atoms with Gasteiger partial charge in [-0.15, -0.1) is 0 Å². The largest absolute Gasteiger partial charge is 0.465 e. The lowest BCUT2D eigenvalue weighted by molar-refractivity contribution is -0.123. The molecule has 0 unspecified atom stereocenters. The van der Waals surface area contributed by atoms with Crippen LogP contribution in [0, 0.1) is 0 Å². The zero-order valence-corrected chi connectivity index (χ0v) is 14.2. The first kappa shape index (κ1) is 20.3. The van der Waals surface area contributed by atoms with E-state index in [4.69, 9.17) is 10.2 Å². The SMILES string of the molecule is C[C@@H](Cc1ccccc1)NC(=O)[C@H](CCCCNC(=O)O)NC(=O)O. The Balaban J connectivity index is 2.45. The molecule has 0 saturated heterocycles. The molecular weight excluding hydrogens is 326 g/mol. The molecular formula is C17H25N3O5. The molecule has 8 heteroatoms. The Morgan fingerprint density at radius 3 is 2.28 bits per heavy atom. The van der Waals surface area contributed by atoms with E-state index in [0.29, 0.717) is 25.7 Å². The molecule has 1 rings (SSSR count). The first-order valence-corrected chi connectivity index (χ1v) is 8.19.